The molecule has 0 spiro atoms. The van der Waals surface area contributed by atoms with Crippen LogP contribution in [0.3, 0.4) is 0 Å². The van der Waals surface area contributed by atoms with Crippen LogP contribution < -0.4 is 0 Å². The summed E-state index contributed by atoms with van der Waals surface area (Å²) in [7, 11) is 0. The quantitative estimate of drug-likeness (QED) is 0.548. The lowest BCUT2D eigenvalue weighted by Gasteiger charge is -2.16. The van der Waals surface area contributed by atoms with Crippen molar-refractivity contribution in [2.45, 2.75) is 60.8 Å². The molecule has 0 aliphatic heterocycles. The Balaban J connectivity index is 3.99. The molecule has 0 amide bonds. The van der Waals surface area contributed by atoms with E-state index in [1.54, 1.807) is 5.57 Å². The molecule has 0 saturated heterocycles. The van der Waals surface area contributed by atoms with E-state index in [-0.39, 0.29) is 0 Å². The second-order valence-electron chi connectivity index (χ2n) is 5.45. The lowest BCUT2D eigenvalue weighted by molar-refractivity contribution is 0.501. The first-order chi connectivity index (χ1) is 5.85. The third-order valence-electron chi connectivity index (χ3n) is 2.13. The van der Waals surface area contributed by atoms with Gasteiger partial charge >= 0.3 is 0 Å². The minimum absolute atomic E-state index is 0.343. The molecule has 0 nitrogen and oxygen atoms in total. The van der Waals surface area contributed by atoms with Crippen LogP contribution in [0.1, 0.15) is 60.8 Å². The third kappa shape index (κ3) is 8.08. The normalized spacial score (nSPS) is 16.0. The molecule has 0 bridgehead atoms. The summed E-state index contributed by atoms with van der Waals surface area (Å²) >= 11 is 0. The first kappa shape index (κ1) is 12.7. The Labute approximate surface area is 84.4 Å². The van der Waals surface area contributed by atoms with E-state index in [1.165, 1.54) is 19.3 Å². The molecule has 0 aromatic heterocycles. The summed E-state index contributed by atoms with van der Waals surface area (Å²) in [6, 6.07) is 0. The van der Waals surface area contributed by atoms with E-state index in [9.17, 15) is 0 Å². The van der Waals surface area contributed by atoms with Crippen molar-refractivity contribution in [3.63, 3.8) is 0 Å². The van der Waals surface area contributed by atoms with Crippen molar-refractivity contribution < 1.29 is 0 Å². The summed E-state index contributed by atoms with van der Waals surface area (Å²) in [5, 5.41) is 0. The summed E-state index contributed by atoms with van der Waals surface area (Å²) in [6.45, 7) is 13.7. The Morgan fingerprint density at radius 3 is 2.23 bits per heavy atom. The molecule has 0 aliphatic rings. The van der Waals surface area contributed by atoms with Gasteiger partial charge in [-0.1, -0.05) is 59.1 Å². The van der Waals surface area contributed by atoms with Crippen LogP contribution in [0, 0.1) is 11.3 Å². The molecule has 0 heterocycles. The molecule has 0 aromatic carbocycles. The smallest absolute Gasteiger partial charge is 0.0201 e. The van der Waals surface area contributed by atoms with E-state index in [1.807, 2.05) is 0 Å². The van der Waals surface area contributed by atoms with E-state index in [0.717, 1.165) is 5.92 Å². The van der Waals surface area contributed by atoms with Crippen LogP contribution in [0.2, 0.25) is 0 Å². The number of hydrogen-bond acceptors (Lipinski definition) is 0. The molecule has 0 rings (SSSR count). The SMILES string of the molecule is CCCC(C)CC(C)=CC(C)(C)C. The Kier molecular flexibility index (Phi) is 5.36. The molecule has 0 heteroatoms. The Hall–Kier alpha value is -0.260. The highest BCUT2D eigenvalue weighted by Gasteiger charge is 2.08. The first-order valence-electron chi connectivity index (χ1n) is 5.53. The fraction of sp³-hybridized carbons (Fsp3) is 0.846. The van der Waals surface area contributed by atoms with Gasteiger partial charge in [-0.25, -0.2) is 0 Å². The topological polar surface area (TPSA) is 0 Å². The second-order valence-corrected chi connectivity index (χ2v) is 5.45. The van der Waals surface area contributed by atoms with Gasteiger partial charge in [0.1, 0.15) is 0 Å². The molecule has 78 valence electrons. The van der Waals surface area contributed by atoms with Gasteiger partial charge in [-0.05, 0) is 24.7 Å². The van der Waals surface area contributed by atoms with Gasteiger partial charge in [-0.15, -0.1) is 0 Å². The van der Waals surface area contributed by atoms with Gasteiger partial charge in [0.2, 0.25) is 0 Å². The standard InChI is InChI=1S/C13H26/c1-7-8-11(2)9-12(3)10-13(4,5)6/h10-11H,7-9H2,1-6H3. The fourth-order valence-corrected chi connectivity index (χ4v) is 1.94. The van der Waals surface area contributed by atoms with Gasteiger partial charge in [0.05, 0.1) is 0 Å². The van der Waals surface area contributed by atoms with Crippen LogP contribution in [0.5, 0.6) is 0 Å². The zero-order valence-corrected chi connectivity index (χ0v) is 10.3. The van der Waals surface area contributed by atoms with Crippen molar-refractivity contribution in [2.75, 3.05) is 0 Å². The summed E-state index contributed by atoms with van der Waals surface area (Å²) in [4.78, 5) is 0. The van der Waals surface area contributed by atoms with E-state index >= 15 is 0 Å². The maximum Gasteiger partial charge on any atom is -0.0201 e. The molecular formula is C13H26. The van der Waals surface area contributed by atoms with Gasteiger partial charge in [-0.3, -0.25) is 0 Å². The lowest BCUT2D eigenvalue weighted by Crippen LogP contribution is -2.02. The number of hydrogen-bond donors (Lipinski definition) is 0. The first-order valence-corrected chi connectivity index (χ1v) is 5.53. The maximum absolute atomic E-state index is 2.40. The van der Waals surface area contributed by atoms with Crippen LogP contribution in [-0.4, -0.2) is 0 Å². The highest BCUT2D eigenvalue weighted by molar-refractivity contribution is 5.04. The van der Waals surface area contributed by atoms with Crippen molar-refractivity contribution in [3.05, 3.63) is 11.6 Å². The zero-order valence-electron chi connectivity index (χ0n) is 10.3. The van der Waals surface area contributed by atoms with Crippen LogP contribution in [0.25, 0.3) is 0 Å². The van der Waals surface area contributed by atoms with Gasteiger partial charge < -0.3 is 0 Å². The summed E-state index contributed by atoms with van der Waals surface area (Å²) in [6.07, 6.45) is 6.34. The van der Waals surface area contributed by atoms with E-state index in [0.29, 0.717) is 5.41 Å². The summed E-state index contributed by atoms with van der Waals surface area (Å²) in [5.74, 6) is 0.851. The van der Waals surface area contributed by atoms with E-state index in [4.69, 9.17) is 0 Å². The van der Waals surface area contributed by atoms with Crippen LogP contribution in [-0.2, 0) is 0 Å². The van der Waals surface area contributed by atoms with Crippen LogP contribution >= 0.6 is 0 Å². The molecule has 0 aliphatic carbocycles. The van der Waals surface area contributed by atoms with E-state index in [2.05, 4.69) is 47.6 Å². The molecule has 0 fully saturated rings. The average Bonchev–Trinajstić information content (AvgIpc) is 1.81. The zero-order chi connectivity index (χ0) is 10.5. The van der Waals surface area contributed by atoms with E-state index < -0.39 is 0 Å². The molecule has 0 saturated carbocycles. The Bertz CT molecular complexity index is 157. The Morgan fingerprint density at radius 1 is 1.31 bits per heavy atom. The largest absolute Gasteiger partial charge is 0.0802 e. The minimum atomic E-state index is 0.343. The third-order valence-corrected chi connectivity index (χ3v) is 2.13. The average molecular weight is 182 g/mol. The summed E-state index contributed by atoms with van der Waals surface area (Å²) in [5.41, 5.74) is 1.89. The van der Waals surface area contributed by atoms with Crippen molar-refractivity contribution >= 4 is 0 Å². The summed E-state index contributed by atoms with van der Waals surface area (Å²) < 4.78 is 0. The van der Waals surface area contributed by atoms with Crippen molar-refractivity contribution in [3.8, 4) is 0 Å². The van der Waals surface area contributed by atoms with Crippen molar-refractivity contribution in [2.24, 2.45) is 11.3 Å². The second kappa shape index (κ2) is 5.47. The number of allylic oxidation sites excluding steroid dienone is 2. The monoisotopic (exact) mass is 182 g/mol. The van der Waals surface area contributed by atoms with Gasteiger partial charge in [0.25, 0.3) is 0 Å². The minimum Gasteiger partial charge on any atom is -0.0802 e. The molecular weight excluding hydrogens is 156 g/mol. The molecule has 0 aromatic rings. The number of rotatable bonds is 4. The Morgan fingerprint density at radius 2 is 1.85 bits per heavy atom. The maximum atomic E-state index is 2.40. The molecule has 0 radical (unpaired) electrons. The molecule has 13 heavy (non-hydrogen) atoms. The highest BCUT2D eigenvalue weighted by atomic mass is 14.1. The molecule has 0 N–H and O–H groups in total. The van der Waals surface area contributed by atoms with Gasteiger partial charge in [0.15, 0.2) is 0 Å². The van der Waals surface area contributed by atoms with Crippen molar-refractivity contribution in [1.29, 1.82) is 0 Å². The predicted octanol–water partition coefficient (Wildman–Crippen LogP) is 4.81. The van der Waals surface area contributed by atoms with Crippen LogP contribution in [0.4, 0.5) is 0 Å². The fourth-order valence-electron chi connectivity index (χ4n) is 1.94. The molecule has 1 atom stereocenters. The van der Waals surface area contributed by atoms with Crippen LogP contribution in [0.15, 0.2) is 11.6 Å². The van der Waals surface area contributed by atoms with Gasteiger partial charge in [0, 0.05) is 0 Å². The predicted molar refractivity (Wildman–Crippen MR) is 61.9 cm³/mol. The van der Waals surface area contributed by atoms with Crippen molar-refractivity contribution in [1.82, 2.24) is 0 Å². The highest BCUT2D eigenvalue weighted by Crippen LogP contribution is 2.22. The van der Waals surface area contributed by atoms with Gasteiger partial charge in [-0.2, -0.15) is 0 Å². The molecule has 1 unspecified atom stereocenters. The lowest BCUT2D eigenvalue weighted by atomic mass is 9.90.